The number of hydrogen-bond acceptors (Lipinski definition) is 2. The van der Waals surface area contributed by atoms with E-state index in [-0.39, 0.29) is 29.9 Å². The van der Waals surface area contributed by atoms with E-state index >= 15 is 0 Å². The van der Waals surface area contributed by atoms with E-state index < -0.39 is 0 Å². The smallest absolute Gasteiger partial charge is 0.224 e. The van der Waals surface area contributed by atoms with Crippen LogP contribution in [0.3, 0.4) is 0 Å². The van der Waals surface area contributed by atoms with Crippen LogP contribution in [0.1, 0.15) is 52.4 Å². The number of rotatable bonds is 5. The Morgan fingerprint density at radius 3 is 2.67 bits per heavy atom. The first kappa shape index (κ1) is 18.5. The molecule has 0 aromatic heterocycles. The number of likely N-dealkylation sites (tertiary alicyclic amines) is 1. The van der Waals surface area contributed by atoms with Crippen molar-refractivity contribution in [3.8, 4) is 0 Å². The van der Waals surface area contributed by atoms with Crippen LogP contribution in [0, 0.1) is 0 Å². The fourth-order valence-electron chi connectivity index (χ4n) is 2.62. The molecule has 5 nitrogen and oxygen atoms in total. The molecule has 0 radical (unpaired) electrons. The number of amides is 1. The number of carbonyl (C=O) groups is 1. The summed E-state index contributed by atoms with van der Waals surface area (Å²) >= 11 is 0. The fourth-order valence-corrected chi connectivity index (χ4v) is 2.62. The lowest BCUT2D eigenvalue weighted by Crippen LogP contribution is -2.42. The van der Waals surface area contributed by atoms with Crippen molar-refractivity contribution in [2.24, 2.45) is 4.99 Å². The van der Waals surface area contributed by atoms with Gasteiger partial charge in [0.25, 0.3) is 0 Å². The molecule has 1 unspecified atom stereocenters. The predicted octanol–water partition coefficient (Wildman–Crippen LogP) is 2.11. The summed E-state index contributed by atoms with van der Waals surface area (Å²) in [5, 5.41) is 6.60. The van der Waals surface area contributed by atoms with Gasteiger partial charge in [-0.2, -0.15) is 0 Å². The zero-order valence-corrected chi connectivity index (χ0v) is 15.6. The second-order valence-corrected chi connectivity index (χ2v) is 5.86. The molecular weight excluding hydrogens is 379 g/mol. The maximum atomic E-state index is 12.2. The first-order valence-electron chi connectivity index (χ1n) is 8.05. The Labute approximate surface area is 145 Å². The summed E-state index contributed by atoms with van der Waals surface area (Å²) in [4.78, 5) is 18.7. The molecule has 1 aliphatic carbocycles. The molecule has 2 fully saturated rings. The number of hydrogen-bond donors (Lipinski definition) is 2. The lowest BCUT2D eigenvalue weighted by Gasteiger charge is -2.33. The van der Waals surface area contributed by atoms with Crippen molar-refractivity contribution in [3.63, 3.8) is 0 Å². The highest BCUT2D eigenvalue weighted by Crippen LogP contribution is 2.18. The minimum absolute atomic E-state index is 0. The Bertz CT molecular complexity index is 358. The summed E-state index contributed by atoms with van der Waals surface area (Å²) in [6, 6.07) is 0.990. The van der Waals surface area contributed by atoms with Gasteiger partial charge in [-0.15, -0.1) is 24.0 Å². The highest BCUT2D eigenvalue weighted by atomic mass is 127. The van der Waals surface area contributed by atoms with Crippen molar-refractivity contribution in [2.75, 3.05) is 19.6 Å². The normalized spacial score (nSPS) is 22.5. The summed E-state index contributed by atoms with van der Waals surface area (Å²) in [6.07, 6.45) is 6.51. The van der Waals surface area contributed by atoms with Gasteiger partial charge in [0.15, 0.2) is 5.96 Å². The summed E-state index contributed by atoms with van der Waals surface area (Å²) < 4.78 is 0. The summed E-state index contributed by atoms with van der Waals surface area (Å²) in [5.41, 5.74) is 0. The van der Waals surface area contributed by atoms with Crippen LogP contribution in [0.5, 0.6) is 0 Å². The number of nitrogens with one attached hydrogen (secondary N) is 2. The molecule has 0 spiro atoms. The highest BCUT2D eigenvalue weighted by Gasteiger charge is 2.23. The van der Waals surface area contributed by atoms with Gasteiger partial charge in [-0.1, -0.05) is 0 Å². The molecule has 122 valence electrons. The van der Waals surface area contributed by atoms with Crippen LogP contribution in [0.25, 0.3) is 0 Å². The Balaban J connectivity index is 0.00000220. The Morgan fingerprint density at radius 1 is 1.29 bits per heavy atom. The summed E-state index contributed by atoms with van der Waals surface area (Å²) in [5.74, 6) is 1.11. The molecule has 2 rings (SSSR count). The molecule has 6 heteroatoms. The topological polar surface area (TPSA) is 56.7 Å². The number of guanidine groups is 1. The van der Waals surface area contributed by atoms with E-state index in [1.807, 2.05) is 4.90 Å². The van der Waals surface area contributed by atoms with Crippen molar-refractivity contribution in [3.05, 3.63) is 0 Å². The Hall–Kier alpha value is -0.530. The minimum Gasteiger partial charge on any atom is -0.357 e. The average molecular weight is 408 g/mol. The molecule has 1 amide bonds. The molecule has 1 saturated heterocycles. The Morgan fingerprint density at radius 2 is 2.05 bits per heavy atom. The van der Waals surface area contributed by atoms with Crippen LogP contribution in [-0.4, -0.2) is 48.5 Å². The monoisotopic (exact) mass is 408 g/mol. The maximum absolute atomic E-state index is 12.2. The van der Waals surface area contributed by atoms with E-state index in [9.17, 15) is 4.79 Å². The number of nitrogens with zero attached hydrogens (tertiary/aromatic N) is 2. The molecule has 0 bridgehead atoms. The zero-order valence-electron chi connectivity index (χ0n) is 13.2. The van der Waals surface area contributed by atoms with Gasteiger partial charge in [-0.25, -0.2) is 0 Å². The summed E-state index contributed by atoms with van der Waals surface area (Å²) in [7, 11) is 0. The van der Waals surface area contributed by atoms with Crippen molar-refractivity contribution >= 4 is 35.8 Å². The quantitative estimate of drug-likeness (QED) is 0.416. The average Bonchev–Trinajstić information content (AvgIpc) is 3.23. The van der Waals surface area contributed by atoms with Crippen LogP contribution in [-0.2, 0) is 4.79 Å². The lowest BCUT2D eigenvalue weighted by molar-refractivity contribution is -0.134. The van der Waals surface area contributed by atoms with Crippen molar-refractivity contribution in [2.45, 2.75) is 64.5 Å². The minimum atomic E-state index is 0. The number of aliphatic imine (C=N–C) groups is 1. The van der Waals surface area contributed by atoms with Gasteiger partial charge in [-0.3, -0.25) is 9.79 Å². The molecule has 1 aliphatic heterocycles. The molecule has 2 aliphatic rings. The van der Waals surface area contributed by atoms with Gasteiger partial charge in [0.05, 0.1) is 6.54 Å². The predicted molar refractivity (Wildman–Crippen MR) is 97.2 cm³/mol. The molecule has 0 aromatic rings. The van der Waals surface area contributed by atoms with Gasteiger partial charge in [0.1, 0.15) is 0 Å². The molecular formula is C15H29IN4O. The Kier molecular flexibility index (Phi) is 8.36. The molecule has 1 saturated carbocycles. The number of halogens is 1. The highest BCUT2D eigenvalue weighted by molar-refractivity contribution is 14.0. The van der Waals surface area contributed by atoms with Gasteiger partial charge >= 0.3 is 0 Å². The van der Waals surface area contributed by atoms with E-state index in [1.165, 1.54) is 19.3 Å². The first-order chi connectivity index (χ1) is 9.70. The summed E-state index contributed by atoms with van der Waals surface area (Å²) in [6.45, 7) is 6.56. The zero-order chi connectivity index (χ0) is 14.4. The van der Waals surface area contributed by atoms with Crippen molar-refractivity contribution in [1.29, 1.82) is 0 Å². The third-order valence-corrected chi connectivity index (χ3v) is 3.98. The van der Waals surface area contributed by atoms with E-state index in [1.54, 1.807) is 0 Å². The number of carbonyl (C=O) groups excluding carboxylic acids is 1. The van der Waals surface area contributed by atoms with E-state index in [4.69, 9.17) is 0 Å². The van der Waals surface area contributed by atoms with Crippen LogP contribution in [0.15, 0.2) is 4.99 Å². The van der Waals surface area contributed by atoms with E-state index in [0.717, 1.165) is 31.9 Å². The van der Waals surface area contributed by atoms with E-state index in [2.05, 4.69) is 29.5 Å². The lowest BCUT2D eigenvalue weighted by atomic mass is 10.0. The van der Waals surface area contributed by atoms with Crippen LogP contribution in [0.2, 0.25) is 0 Å². The maximum Gasteiger partial charge on any atom is 0.224 e. The molecule has 0 aromatic carbocycles. The standard InChI is InChI=1S/C15H28N4O.HI/c1-3-16-15(18-13-7-8-13)17-10-9-14(20)19-11-5-4-6-12(19)2;/h12-13H,3-11H2,1-2H3,(H2,16,17,18);1H. The van der Waals surface area contributed by atoms with Gasteiger partial charge < -0.3 is 15.5 Å². The first-order valence-corrected chi connectivity index (χ1v) is 8.05. The largest absolute Gasteiger partial charge is 0.357 e. The van der Waals surface area contributed by atoms with Crippen molar-refractivity contribution in [1.82, 2.24) is 15.5 Å². The third kappa shape index (κ3) is 6.40. The fraction of sp³-hybridized carbons (Fsp3) is 0.867. The van der Waals surface area contributed by atoms with Crippen LogP contribution in [0.4, 0.5) is 0 Å². The third-order valence-electron chi connectivity index (χ3n) is 3.98. The number of piperidine rings is 1. The second-order valence-electron chi connectivity index (χ2n) is 5.86. The van der Waals surface area contributed by atoms with Gasteiger partial charge in [-0.05, 0) is 46.0 Å². The van der Waals surface area contributed by atoms with Crippen LogP contribution < -0.4 is 10.6 Å². The SMILES string of the molecule is CCNC(=NCCC(=O)N1CCCCC1C)NC1CC1.I. The molecule has 21 heavy (non-hydrogen) atoms. The second kappa shape index (κ2) is 9.48. The molecule has 2 N–H and O–H groups in total. The van der Waals surface area contributed by atoms with Gasteiger partial charge in [0, 0.05) is 31.6 Å². The van der Waals surface area contributed by atoms with Gasteiger partial charge in [0.2, 0.25) is 5.91 Å². The molecule has 1 heterocycles. The van der Waals surface area contributed by atoms with Crippen LogP contribution >= 0.6 is 24.0 Å². The van der Waals surface area contributed by atoms with Crippen molar-refractivity contribution < 1.29 is 4.79 Å². The molecule has 1 atom stereocenters. The van der Waals surface area contributed by atoms with E-state index in [0.29, 0.717) is 25.0 Å².